The van der Waals surface area contributed by atoms with Crippen LogP contribution in [-0.4, -0.2) is 47.4 Å². The number of amides is 1. The third-order valence-electron chi connectivity index (χ3n) is 15.7. The molecule has 0 bridgehead atoms. The van der Waals surface area contributed by atoms with Crippen molar-refractivity contribution < 1.29 is 24.5 Å². The highest BCUT2D eigenvalue weighted by Crippen LogP contribution is 2.19. The van der Waals surface area contributed by atoms with Crippen molar-refractivity contribution in [3.8, 4) is 0 Å². The van der Waals surface area contributed by atoms with Crippen molar-refractivity contribution in [2.45, 2.75) is 392 Å². The lowest BCUT2D eigenvalue weighted by Crippen LogP contribution is -2.45. The van der Waals surface area contributed by atoms with Crippen molar-refractivity contribution in [1.29, 1.82) is 0 Å². The van der Waals surface area contributed by atoms with E-state index in [0.717, 1.165) is 38.5 Å². The average molecular weight is 1000 g/mol. The van der Waals surface area contributed by atoms with Gasteiger partial charge in [0, 0.05) is 12.8 Å². The van der Waals surface area contributed by atoms with E-state index in [-0.39, 0.29) is 18.5 Å². The number of aliphatic hydroxyl groups is 2. The first kappa shape index (κ1) is 69.9. The highest BCUT2D eigenvalue weighted by molar-refractivity contribution is 5.76. The van der Waals surface area contributed by atoms with Crippen LogP contribution in [-0.2, 0) is 14.3 Å². The zero-order valence-electron chi connectivity index (χ0n) is 48.5. The molecule has 0 aliphatic carbocycles. The maximum Gasteiger partial charge on any atom is 0.305 e. The van der Waals surface area contributed by atoms with Crippen LogP contribution in [0.5, 0.6) is 0 Å². The Morgan fingerprint density at radius 1 is 0.338 bits per heavy atom. The number of rotatable bonds is 62. The average Bonchev–Trinajstić information content (AvgIpc) is 3.37. The van der Waals surface area contributed by atoms with Crippen molar-refractivity contribution in [1.82, 2.24) is 5.32 Å². The van der Waals surface area contributed by atoms with Gasteiger partial charge in [0.05, 0.1) is 25.4 Å². The van der Waals surface area contributed by atoms with Crippen LogP contribution >= 0.6 is 0 Å². The lowest BCUT2D eigenvalue weighted by Gasteiger charge is -2.22. The van der Waals surface area contributed by atoms with Crippen molar-refractivity contribution >= 4 is 11.9 Å². The zero-order valence-corrected chi connectivity index (χ0v) is 48.5. The van der Waals surface area contributed by atoms with E-state index in [0.29, 0.717) is 25.9 Å². The maximum atomic E-state index is 12.5. The summed E-state index contributed by atoms with van der Waals surface area (Å²) in [6.07, 6.45) is 72.6. The normalized spacial score (nSPS) is 12.5. The maximum absolute atomic E-state index is 12.5. The first-order valence-corrected chi connectivity index (χ1v) is 32.8. The Balaban J connectivity index is 3.36. The predicted octanol–water partition coefficient (Wildman–Crippen LogP) is 20.6. The Morgan fingerprint density at radius 3 is 0.859 bits per heavy atom. The van der Waals surface area contributed by atoms with Gasteiger partial charge in [-0.25, -0.2) is 0 Å². The molecule has 424 valence electrons. The molecule has 2 atom stereocenters. The van der Waals surface area contributed by atoms with Crippen LogP contribution in [0.1, 0.15) is 380 Å². The second-order valence-corrected chi connectivity index (χ2v) is 22.8. The lowest BCUT2D eigenvalue weighted by molar-refractivity contribution is -0.143. The third-order valence-corrected chi connectivity index (χ3v) is 15.7. The Hall–Kier alpha value is -1.14. The molecule has 3 N–H and O–H groups in total. The molecule has 71 heavy (non-hydrogen) atoms. The van der Waals surface area contributed by atoms with E-state index < -0.39 is 12.1 Å². The highest BCUT2D eigenvalue weighted by Gasteiger charge is 2.20. The molecule has 1 amide bonds. The number of aliphatic hydroxyl groups excluding tert-OH is 2. The molecule has 0 aromatic heterocycles. The van der Waals surface area contributed by atoms with Crippen LogP contribution in [0, 0.1) is 0 Å². The van der Waals surface area contributed by atoms with Gasteiger partial charge in [-0.1, -0.05) is 341 Å². The van der Waals surface area contributed by atoms with E-state index in [1.807, 2.05) is 0 Å². The number of hydrogen-bond acceptors (Lipinski definition) is 5. The molecule has 2 unspecified atom stereocenters. The second-order valence-electron chi connectivity index (χ2n) is 22.8. The number of nitrogens with one attached hydrogen (secondary N) is 1. The molecular weight excluding hydrogens is 875 g/mol. The van der Waals surface area contributed by atoms with Gasteiger partial charge in [-0.05, 0) is 25.7 Å². The molecule has 0 spiro atoms. The second kappa shape index (κ2) is 61.4. The van der Waals surface area contributed by atoms with E-state index in [2.05, 4.69) is 19.2 Å². The summed E-state index contributed by atoms with van der Waals surface area (Å²) in [5, 5.41) is 23.3. The quantitative estimate of drug-likeness (QED) is 0.0417. The minimum atomic E-state index is -0.665. The zero-order chi connectivity index (χ0) is 51.4. The molecule has 0 radical (unpaired) electrons. The van der Waals surface area contributed by atoms with Gasteiger partial charge >= 0.3 is 5.97 Å². The predicted molar refractivity (Wildman–Crippen MR) is 310 cm³/mol. The summed E-state index contributed by atoms with van der Waals surface area (Å²) in [7, 11) is 0. The number of esters is 1. The van der Waals surface area contributed by atoms with Gasteiger partial charge < -0.3 is 20.3 Å². The van der Waals surface area contributed by atoms with Gasteiger partial charge in [-0.3, -0.25) is 9.59 Å². The van der Waals surface area contributed by atoms with Crippen molar-refractivity contribution in [2.24, 2.45) is 0 Å². The van der Waals surface area contributed by atoms with Crippen LogP contribution in [0.25, 0.3) is 0 Å². The summed E-state index contributed by atoms with van der Waals surface area (Å²) >= 11 is 0. The van der Waals surface area contributed by atoms with Gasteiger partial charge in [-0.2, -0.15) is 0 Å². The van der Waals surface area contributed by atoms with Crippen LogP contribution in [0.3, 0.4) is 0 Å². The lowest BCUT2D eigenvalue weighted by atomic mass is 10.0. The van der Waals surface area contributed by atoms with Gasteiger partial charge in [0.2, 0.25) is 5.91 Å². The number of hydrogen-bond donors (Lipinski definition) is 3. The topological polar surface area (TPSA) is 95.9 Å². The summed E-state index contributed by atoms with van der Waals surface area (Å²) in [6, 6.07) is -0.543. The molecule has 0 fully saturated rings. The first-order valence-electron chi connectivity index (χ1n) is 32.8. The van der Waals surface area contributed by atoms with E-state index in [4.69, 9.17) is 4.74 Å². The Kier molecular flexibility index (Phi) is 60.4. The smallest absolute Gasteiger partial charge is 0.305 e. The van der Waals surface area contributed by atoms with Gasteiger partial charge in [0.1, 0.15) is 0 Å². The number of unbranched alkanes of at least 4 members (excludes halogenated alkanes) is 51. The molecule has 0 aliphatic rings. The van der Waals surface area contributed by atoms with E-state index in [1.54, 1.807) is 0 Å². The molecule has 6 heteroatoms. The molecule has 0 aromatic rings. The fourth-order valence-electron chi connectivity index (χ4n) is 10.6. The minimum Gasteiger partial charge on any atom is -0.466 e. The molecule has 0 rings (SSSR count). The molecule has 0 heterocycles. The van der Waals surface area contributed by atoms with Crippen LogP contribution in [0.2, 0.25) is 0 Å². The molecule has 0 saturated heterocycles. The van der Waals surface area contributed by atoms with Crippen LogP contribution in [0.15, 0.2) is 0 Å². The van der Waals surface area contributed by atoms with Crippen molar-refractivity contribution in [3.63, 3.8) is 0 Å². The van der Waals surface area contributed by atoms with Gasteiger partial charge in [0.15, 0.2) is 0 Å². The largest absolute Gasteiger partial charge is 0.466 e. The molecule has 0 aliphatic heterocycles. The van der Waals surface area contributed by atoms with Crippen LogP contribution in [0.4, 0.5) is 0 Å². The summed E-state index contributed by atoms with van der Waals surface area (Å²) in [5.41, 5.74) is 0. The Labute approximate surface area is 445 Å². The molecular formula is C65H129NO5. The highest BCUT2D eigenvalue weighted by atomic mass is 16.5. The standard InChI is InChI=1S/C65H129NO5/c1-3-5-7-9-11-13-15-17-19-21-27-31-35-39-43-47-51-55-59-65(70)71-60-56-52-48-44-40-36-32-28-24-22-23-26-30-34-38-42-46-50-54-58-64(69)66-62(61-67)63(68)57-53-49-45-41-37-33-29-25-20-18-16-14-12-10-8-6-4-2/h62-63,67-68H,3-61H2,1-2H3,(H,66,69). The van der Waals surface area contributed by atoms with Crippen LogP contribution < -0.4 is 5.32 Å². The number of carbonyl (C=O) groups is 2. The Morgan fingerprint density at radius 2 is 0.577 bits per heavy atom. The Bertz CT molecular complexity index is 1020. The fraction of sp³-hybridized carbons (Fsp3) is 0.969. The third kappa shape index (κ3) is 58.0. The van der Waals surface area contributed by atoms with Crippen molar-refractivity contribution in [3.05, 3.63) is 0 Å². The molecule has 6 nitrogen and oxygen atoms in total. The monoisotopic (exact) mass is 1000 g/mol. The van der Waals surface area contributed by atoms with E-state index >= 15 is 0 Å². The van der Waals surface area contributed by atoms with Crippen molar-refractivity contribution in [2.75, 3.05) is 13.2 Å². The SMILES string of the molecule is CCCCCCCCCCCCCCCCCCCCC(=O)OCCCCCCCCCCCCCCCCCCCCCC(=O)NC(CO)C(O)CCCCCCCCCCCCCCCCCCC. The number of ether oxygens (including phenoxy) is 1. The summed E-state index contributed by atoms with van der Waals surface area (Å²) in [6.45, 7) is 4.99. The minimum absolute atomic E-state index is 0.0148. The molecule has 0 saturated carbocycles. The summed E-state index contributed by atoms with van der Waals surface area (Å²) < 4.78 is 5.50. The number of carbonyl (C=O) groups excluding carboxylic acids is 2. The summed E-state index contributed by atoms with van der Waals surface area (Å²) in [4.78, 5) is 24.6. The van der Waals surface area contributed by atoms with Gasteiger partial charge in [-0.15, -0.1) is 0 Å². The summed E-state index contributed by atoms with van der Waals surface area (Å²) in [5.74, 6) is -0.0188. The van der Waals surface area contributed by atoms with E-state index in [9.17, 15) is 19.8 Å². The first-order chi connectivity index (χ1) is 35.0. The van der Waals surface area contributed by atoms with E-state index in [1.165, 1.54) is 308 Å². The molecule has 0 aromatic carbocycles. The van der Waals surface area contributed by atoms with Gasteiger partial charge in [0.25, 0.3) is 0 Å². The fourth-order valence-corrected chi connectivity index (χ4v) is 10.6.